The van der Waals surface area contributed by atoms with Crippen LogP contribution in [0.4, 0.5) is 0 Å². The first kappa shape index (κ1) is 16.3. The van der Waals surface area contributed by atoms with Crippen molar-refractivity contribution in [1.29, 1.82) is 0 Å². The van der Waals surface area contributed by atoms with Crippen molar-refractivity contribution in [3.63, 3.8) is 0 Å². The molecule has 1 unspecified atom stereocenters. The molecule has 110 valence electrons. The molecule has 0 aliphatic heterocycles. The lowest BCUT2D eigenvalue weighted by Crippen LogP contribution is -2.44. The second-order valence-corrected chi connectivity index (χ2v) is 5.04. The second-order valence-electron chi connectivity index (χ2n) is 4.19. The van der Waals surface area contributed by atoms with Gasteiger partial charge in [0.2, 0.25) is 0 Å². The van der Waals surface area contributed by atoms with Gasteiger partial charge in [-0.05, 0) is 40.5 Å². The van der Waals surface area contributed by atoms with Crippen molar-refractivity contribution >= 4 is 27.7 Å². The van der Waals surface area contributed by atoms with Gasteiger partial charge in [-0.2, -0.15) is 0 Å². The summed E-state index contributed by atoms with van der Waals surface area (Å²) in [6, 6.07) is 4.51. The second kappa shape index (κ2) is 7.74. The Morgan fingerprint density at radius 1 is 1.60 bits per heavy atom. The van der Waals surface area contributed by atoms with E-state index in [2.05, 4.69) is 26.4 Å². The number of oxime groups is 1. The van der Waals surface area contributed by atoms with Gasteiger partial charge in [0, 0.05) is 5.56 Å². The zero-order chi connectivity index (χ0) is 15.1. The number of nitrogens with two attached hydrogens (primary N) is 1. The minimum Gasteiger partial charge on any atom is -0.496 e. The highest BCUT2D eigenvalue weighted by Crippen LogP contribution is 2.25. The largest absolute Gasteiger partial charge is 0.496 e. The van der Waals surface area contributed by atoms with Crippen molar-refractivity contribution in [2.45, 2.75) is 25.8 Å². The first-order chi connectivity index (χ1) is 9.53. The molecule has 1 atom stereocenters. The molecule has 0 aliphatic rings. The summed E-state index contributed by atoms with van der Waals surface area (Å²) in [5, 5.41) is 14.4. The number of ether oxygens (including phenoxy) is 1. The molecular weight excluding hydrogens is 326 g/mol. The lowest BCUT2D eigenvalue weighted by atomic mass is 10.1. The highest BCUT2D eigenvalue weighted by atomic mass is 79.9. The summed E-state index contributed by atoms with van der Waals surface area (Å²) in [7, 11) is 1.55. The van der Waals surface area contributed by atoms with Crippen LogP contribution in [0.25, 0.3) is 0 Å². The van der Waals surface area contributed by atoms with Crippen LogP contribution in [0.5, 0.6) is 5.75 Å². The van der Waals surface area contributed by atoms with Crippen LogP contribution in [0.2, 0.25) is 0 Å². The number of methoxy groups -OCH3 is 1. The van der Waals surface area contributed by atoms with Crippen LogP contribution in [-0.4, -0.2) is 30.1 Å². The normalized spacial score (nSPS) is 12.8. The van der Waals surface area contributed by atoms with E-state index in [1.54, 1.807) is 25.3 Å². The Morgan fingerprint density at radius 3 is 2.80 bits per heavy atom. The standard InChI is InChI=1S/C13H18BrN3O3/c1-3-4-10(12(15)17-19)16-13(18)8-5-6-11(20-2)9(14)7-8/h5-7,10,19H,3-4H2,1-2H3,(H2,15,17)(H,16,18). The van der Waals surface area contributed by atoms with Crippen LogP contribution >= 0.6 is 15.9 Å². The third kappa shape index (κ3) is 4.12. The smallest absolute Gasteiger partial charge is 0.251 e. The number of halogens is 1. The van der Waals surface area contributed by atoms with E-state index in [4.69, 9.17) is 15.7 Å². The van der Waals surface area contributed by atoms with Crippen molar-refractivity contribution in [3.05, 3.63) is 28.2 Å². The van der Waals surface area contributed by atoms with Gasteiger partial charge in [-0.15, -0.1) is 0 Å². The zero-order valence-corrected chi connectivity index (χ0v) is 13.0. The van der Waals surface area contributed by atoms with Crippen LogP contribution in [0, 0.1) is 0 Å². The van der Waals surface area contributed by atoms with Gasteiger partial charge in [0.25, 0.3) is 5.91 Å². The summed E-state index contributed by atoms with van der Waals surface area (Å²) in [6.07, 6.45) is 1.40. The maximum absolute atomic E-state index is 12.1. The Bertz CT molecular complexity index is 506. The molecule has 0 aromatic heterocycles. The minimum absolute atomic E-state index is 0.00669. The predicted octanol–water partition coefficient (Wildman–Crippen LogP) is 2.10. The Hall–Kier alpha value is -1.76. The molecule has 0 bridgehead atoms. The fraction of sp³-hybridized carbons (Fsp3) is 0.385. The van der Waals surface area contributed by atoms with Gasteiger partial charge in [0.15, 0.2) is 5.84 Å². The summed E-state index contributed by atoms with van der Waals surface area (Å²) in [4.78, 5) is 12.1. The summed E-state index contributed by atoms with van der Waals surface area (Å²) < 4.78 is 5.79. The highest BCUT2D eigenvalue weighted by molar-refractivity contribution is 9.10. The van der Waals surface area contributed by atoms with Crippen LogP contribution < -0.4 is 15.8 Å². The SMILES string of the molecule is CCCC(NC(=O)c1ccc(OC)c(Br)c1)/C(N)=N/O. The number of hydrogen-bond acceptors (Lipinski definition) is 4. The number of hydrogen-bond donors (Lipinski definition) is 3. The van der Waals surface area contributed by atoms with Gasteiger partial charge in [0.05, 0.1) is 17.6 Å². The molecule has 0 saturated heterocycles. The molecule has 1 amide bonds. The number of carbonyl (C=O) groups excluding carboxylic acids is 1. The summed E-state index contributed by atoms with van der Waals surface area (Å²) in [6.45, 7) is 1.95. The van der Waals surface area contributed by atoms with Crippen LogP contribution in [0.3, 0.4) is 0 Å². The molecule has 0 fully saturated rings. The van der Waals surface area contributed by atoms with E-state index < -0.39 is 6.04 Å². The van der Waals surface area contributed by atoms with E-state index in [9.17, 15) is 4.79 Å². The van der Waals surface area contributed by atoms with Gasteiger partial charge in [-0.25, -0.2) is 0 Å². The van der Waals surface area contributed by atoms with E-state index in [1.807, 2.05) is 6.92 Å². The topological polar surface area (TPSA) is 96.9 Å². The summed E-state index contributed by atoms with van der Waals surface area (Å²) in [5.41, 5.74) is 6.02. The van der Waals surface area contributed by atoms with Crippen molar-refractivity contribution in [2.75, 3.05) is 7.11 Å². The molecule has 0 radical (unpaired) electrons. The van der Waals surface area contributed by atoms with Gasteiger partial charge in [-0.3, -0.25) is 4.79 Å². The van der Waals surface area contributed by atoms with Gasteiger partial charge in [0.1, 0.15) is 5.75 Å². The molecule has 20 heavy (non-hydrogen) atoms. The predicted molar refractivity (Wildman–Crippen MR) is 80.3 cm³/mol. The van der Waals surface area contributed by atoms with Crippen molar-refractivity contribution in [3.8, 4) is 5.75 Å². The first-order valence-electron chi connectivity index (χ1n) is 6.15. The Morgan fingerprint density at radius 2 is 2.30 bits per heavy atom. The quantitative estimate of drug-likeness (QED) is 0.319. The molecule has 4 N–H and O–H groups in total. The van der Waals surface area contributed by atoms with Crippen LogP contribution in [0.1, 0.15) is 30.1 Å². The van der Waals surface area contributed by atoms with Gasteiger partial charge >= 0.3 is 0 Å². The number of nitrogens with zero attached hydrogens (tertiary/aromatic N) is 1. The number of rotatable bonds is 6. The van der Waals surface area contributed by atoms with Crippen LogP contribution in [-0.2, 0) is 0 Å². The molecule has 1 aromatic carbocycles. The average Bonchev–Trinajstić information content (AvgIpc) is 2.45. The number of benzene rings is 1. The van der Waals surface area contributed by atoms with E-state index >= 15 is 0 Å². The number of carbonyl (C=O) groups is 1. The van der Waals surface area contributed by atoms with E-state index in [0.29, 0.717) is 22.2 Å². The maximum atomic E-state index is 12.1. The molecule has 6 nitrogen and oxygen atoms in total. The molecule has 0 heterocycles. The van der Waals surface area contributed by atoms with Crippen molar-refractivity contribution in [2.24, 2.45) is 10.9 Å². The lowest BCUT2D eigenvalue weighted by molar-refractivity contribution is 0.0944. The molecule has 0 aliphatic carbocycles. The monoisotopic (exact) mass is 343 g/mol. The van der Waals surface area contributed by atoms with Crippen molar-refractivity contribution in [1.82, 2.24) is 5.32 Å². The van der Waals surface area contributed by atoms with Gasteiger partial charge < -0.3 is 21.0 Å². The fourth-order valence-corrected chi connectivity index (χ4v) is 2.24. The van der Waals surface area contributed by atoms with E-state index in [1.165, 1.54) is 0 Å². The fourth-order valence-electron chi connectivity index (χ4n) is 1.70. The van der Waals surface area contributed by atoms with E-state index in [0.717, 1.165) is 6.42 Å². The molecular formula is C13H18BrN3O3. The Kier molecular flexibility index (Phi) is 6.30. The average molecular weight is 344 g/mol. The first-order valence-corrected chi connectivity index (χ1v) is 6.94. The molecule has 0 spiro atoms. The van der Waals surface area contributed by atoms with Gasteiger partial charge in [-0.1, -0.05) is 18.5 Å². The third-order valence-electron chi connectivity index (χ3n) is 2.77. The molecule has 0 saturated carbocycles. The third-order valence-corrected chi connectivity index (χ3v) is 3.39. The molecule has 7 heteroatoms. The Balaban J connectivity index is 2.86. The Labute approximate surface area is 126 Å². The number of nitrogens with one attached hydrogen (secondary N) is 1. The molecule has 1 aromatic rings. The zero-order valence-electron chi connectivity index (χ0n) is 11.4. The number of amidine groups is 1. The lowest BCUT2D eigenvalue weighted by Gasteiger charge is -2.16. The highest BCUT2D eigenvalue weighted by Gasteiger charge is 2.17. The maximum Gasteiger partial charge on any atom is 0.251 e. The minimum atomic E-state index is -0.488. The summed E-state index contributed by atoms with van der Waals surface area (Å²) in [5.74, 6) is 0.342. The summed E-state index contributed by atoms with van der Waals surface area (Å²) >= 11 is 3.32. The van der Waals surface area contributed by atoms with Crippen molar-refractivity contribution < 1.29 is 14.7 Å². The van der Waals surface area contributed by atoms with Crippen LogP contribution in [0.15, 0.2) is 27.8 Å². The number of amides is 1. The molecule has 1 rings (SSSR count). The van der Waals surface area contributed by atoms with E-state index in [-0.39, 0.29) is 11.7 Å².